The Morgan fingerprint density at radius 2 is 1.42 bits per heavy atom. The maximum absolute atomic E-state index is 14.4. The van der Waals surface area contributed by atoms with Gasteiger partial charge in [-0.3, -0.25) is 4.72 Å². The van der Waals surface area contributed by atoms with Crippen LogP contribution in [0.3, 0.4) is 0 Å². The highest BCUT2D eigenvalue weighted by atomic mass is 32.2. The molecule has 3 rings (SSSR count). The highest BCUT2D eigenvalue weighted by Gasteiger charge is 2.35. The third-order valence-corrected chi connectivity index (χ3v) is 5.78. The van der Waals surface area contributed by atoms with Crippen LogP contribution < -0.4 is 4.72 Å². The number of hydrogen-bond donors (Lipinski definition) is 1. The van der Waals surface area contributed by atoms with Crippen molar-refractivity contribution in [2.45, 2.75) is 18.0 Å². The van der Waals surface area contributed by atoms with Gasteiger partial charge in [0.1, 0.15) is 5.69 Å². The third kappa shape index (κ3) is 5.03. The van der Waals surface area contributed by atoms with Crippen LogP contribution in [0.25, 0.3) is 0 Å². The molecule has 0 aliphatic rings. The van der Waals surface area contributed by atoms with Crippen molar-refractivity contribution in [1.82, 2.24) is 0 Å². The van der Waals surface area contributed by atoms with Crippen molar-refractivity contribution >= 4 is 15.7 Å². The van der Waals surface area contributed by atoms with Crippen molar-refractivity contribution in [2.24, 2.45) is 0 Å². The average molecular weight is 451 g/mol. The maximum Gasteiger partial charge on any atom is 0.416 e. The van der Waals surface area contributed by atoms with Crippen LogP contribution in [0.15, 0.2) is 65.6 Å². The molecule has 0 aliphatic carbocycles. The van der Waals surface area contributed by atoms with Gasteiger partial charge in [-0.1, -0.05) is 36.1 Å². The van der Waals surface area contributed by atoms with Gasteiger partial charge >= 0.3 is 6.18 Å². The van der Waals surface area contributed by atoms with Crippen molar-refractivity contribution in [2.75, 3.05) is 4.72 Å². The van der Waals surface area contributed by atoms with Gasteiger partial charge in [0, 0.05) is 11.1 Å². The Balaban J connectivity index is 1.95. The molecule has 0 aromatic heterocycles. The molecule has 1 N–H and O–H groups in total. The maximum atomic E-state index is 14.4. The first-order chi connectivity index (χ1) is 14.5. The molecule has 31 heavy (non-hydrogen) atoms. The number of halogens is 5. The molecule has 160 valence electrons. The molecule has 3 nitrogen and oxygen atoms in total. The molecule has 3 aromatic rings. The summed E-state index contributed by atoms with van der Waals surface area (Å²) in [5.74, 6) is 2.76. The van der Waals surface area contributed by atoms with Gasteiger partial charge in [-0.25, -0.2) is 17.2 Å². The fourth-order valence-electron chi connectivity index (χ4n) is 2.81. The third-order valence-electron chi connectivity index (χ3n) is 4.28. The summed E-state index contributed by atoms with van der Waals surface area (Å²) in [5.41, 5.74) is -2.20. The molecule has 0 atom stereocenters. The van der Waals surface area contributed by atoms with E-state index in [9.17, 15) is 30.4 Å². The molecule has 0 saturated heterocycles. The van der Waals surface area contributed by atoms with Gasteiger partial charge in [0.2, 0.25) is 0 Å². The number of rotatable bonds is 3. The van der Waals surface area contributed by atoms with Gasteiger partial charge in [0.15, 0.2) is 11.6 Å². The molecule has 0 heterocycles. The number of sulfonamides is 1. The summed E-state index contributed by atoms with van der Waals surface area (Å²) in [6, 6.07) is 12.8. The Kier molecular flexibility index (Phi) is 6.04. The Morgan fingerprint density at radius 3 is 2.00 bits per heavy atom. The lowest BCUT2D eigenvalue weighted by molar-refractivity contribution is -0.138. The number of benzene rings is 3. The Labute approximate surface area is 175 Å². The monoisotopic (exact) mass is 451 g/mol. The summed E-state index contributed by atoms with van der Waals surface area (Å²) in [6.07, 6.45) is -4.79. The van der Waals surface area contributed by atoms with E-state index in [2.05, 4.69) is 11.8 Å². The van der Waals surface area contributed by atoms with Crippen LogP contribution in [0.5, 0.6) is 0 Å². The lowest BCUT2D eigenvalue weighted by Crippen LogP contribution is -2.18. The fraction of sp³-hybridized carbons (Fsp3) is 0.0909. The summed E-state index contributed by atoms with van der Waals surface area (Å²) in [6.45, 7) is 0.965. The molecule has 0 unspecified atom stereocenters. The zero-order valence-corrected chi connectivity index (χ0v) is 16.7. The van der Waals surface area contributed by atoms with Crippen molar-refractivity contribution in [1.29, 1.82) is 0 Å². The molecular weight excluding hydrogens is 437 g/mol. The molecule has 0 aliphatic heterocycles. The van der Waals surface area contributed by atoms with Crippen LogP contribution in [-0.4, -0.2) is 8.42 Å². The van der Waals surface area contributed by atoms with Crippen LogP contribution in [-0.2, 0) is 16.2 Å². The van der Waals surface area contributed by atoms with Gasteiger partial charge in [0.05, 0.1) is 10.5 Å². The second-order valence-electron chi connectivity index (χ2n) is 6.46. The van der Waals surface area contributed by atoms with E-state index in [-0.39, 0.29) is 5.56 Å². The van der Waals surface area contributed by atoms with E-state index in [1.54, 1.807) is 35.1 Å². The van der Waals surface area contributed by atoms with E-state index in [0.29, 0.717) is 5.56 Å². The summed E-state index contributed by atoms with van der Waals surface area (Å²) < 4.78 is 94.9. The van der Waals surface area contributed by atoms with E-state index in [4.69, 9.17) is 0 Å². The van der Waals surface area contributed by atoms with E-state index in [1.165, 1.54) is 0 Å². The normalized spacial score (nSPS) is 11.5. The quantitative estimate of drug-likeness (QED) is 0.423. The lowest BCUT2D eigenvalue weighted by Gasteiger charge is -2.15. The van der Waals surface area contributed by atoms with Gasteiger partial charge in [-0.2, -0.15) is 13.2 Å². The summed E-state index contributed by atoms with van der Waals surface area (Å²) in [5, 5.41) is 0. The van der Waals surface area contributed by atoms with E-state index in [0.717, 1.165) is 37.3 Å². The first kappa shape index (κ1) is 22.3. The molecule has 9 heteroatoms. The lowest BCUT2D eigenvalue weighted by atomic mass is 10.1. The predicted octanol–water partition coefficient (Wildman–Crippen LogP) is 5.49. The van der Waals surface area contributed by atoms with Crippen molar-refractivity contribution in [3.05, 3.63) is 94.6 Å². The topological polar surface area (TPSA) is 46.2 Å². The second kappa shape index (κ2) is 8.40. The highest BCUT2D eigenvalue weighted by Crippen LogP contribution is 2.35. The molecule has 0 saturated carbocycles. The van der Waals surface area contributed by atoms with Crippen molar-refractivity contribution in [3.8, 4) is 11.8 Å². The molecule has 0 bridgehead atoms. The number of hydrogen-bond acceptors (Lipinski definition) is 2. The van der Waals surface area contributed by atoms with Crippen LogP contribution in [0.4, 0.5) is 27.6 Å². The van der Waals surface area contributed by atoms with Crippen molar-refractivity contribution < 1.29 is 30.4 Å². The standard InChI is InChI=1S/C22H14F5NO2S/c1-14-17(22(25,26)27)8-5-9-20(14)31(29,30)28-21-18(23)12-16(13-19(21)24)11-10-15-6-3-2-4-7-15/h2-9,12-13,28H,1H3. The molecule has 0 radical (unpaired) electrons. The largest absolute Gasteiger partial charge is 0.416 e. The van der Waals surface area contributed by atoms with Gasteiger partial charge < -0.3 is 0 Å². The second-order valence-corrected chi connectivity index (χ2v) is 8.11. The fourth-order valence-corrected chi connectivity index (χ4v) is 4.16. The highest BCUT2D eigenvalue weighted by molar-refractivity contribution is 7.92. The Hall–Kier alpha value is -3.38. The number of alkyl halides is 3. The smallest absolute Gasteiger partial charge is 0.274 e. The van der Waals surface area contributed by atoms with E-state index < -0.39 is 49.5 Å². The van der Waals surface area contributed by atoms with Crippen LogP contribution in [0, 0.1) is 30.4 Å². The first-order valence-corrected chi connectivity index (χ1v) is 10.2. The van der Waals surface area contributed by atoms with Crippen molar-refractivity contribution in [3.63, 3.8) is 0 Å². The minimum absolute atomic E-state index is 0.0444. The van der Waals surface area contributed by atoms with Gasteiger partial charge in [-0.05, 0) is 48.9 Å². The zero-order valence-electron chi connectivity index (χ0n) is 15.9. The average Bonchev–Trinajstić information content (AvgIpc) is 2.69. The minimum atomic E-state index is -4.79. The molecule has 0 spiro atoms. The van der Waals surface area contributed by atoms with Crippen LogP contribution >= 0.6 is 0 Å². The number of anilines is 1. The Morgan fingerprint density at radius 1 is 0.839 bits per heavy atom. The summed E-state index contributed by atoms with van der Waals surface area (Å²) in [7, 11) is -4.71. The summed E-state index contributed by atoms with van der Waals surface area (Å²) in [4.78, 5) is -0.742. The molecular formula is C22H14F5NO2S. The molecule has 0 fully saturated rings. The van der Waals surface area contributed by atoms with E-state index in [1.807, 2.05) is 0 Å². The molecule has 3 aromatic carbocycles. The van der Waals surface area contributed by atoms with Gasteiger partial charge in [0.25, 0.3) is 10.0 Å². The minimum Gasteiger partial charge on any atom is -0.274 e. The zero-order chi connectivity index (χ0) is 22.8. The van der Waals surface area contributed by atoms with Crippen LogP contribution in [0.1, 0.15) is 22.3 Å². The number of nitrogens with one attached hydrogen (secondary N) is 1. The summed E-state index contributed by atoms with van der Waals surface area (Å²) >= 11 is 0. The predicted molar refractivity (Wildman–Crippen MR) is 106 cm³/mol. The molecule has 0 amide bonds. The Bertz CT molecular complexity index is 1270. The SMILES string of the molecule is Cc1c(C(F)(F)F)cccc1S(=O)(=O)Nc1c(F)cc(C#Cc2ccccc2)cc1F. The van der Waals surface area contributed by atoms with Crippen LogP contribution in [0.2, 0.25) is 0 Å². The van der Waals surface area contributed by atoms with Gasteiger partial charge in [-0.15, -0.1) is 0 Å². The first-order valence-electron chi connectivity index (χ1n) is 8.75. The van der Waals surface area contributed by atoms with E-state index >= 15 is 0 Å².